The maximum atomic E-state index is 11.2. The minimum absolute atomic E-state index is 0.0183. The van der Waals surface area contributed by atoms with Crippen LogP contribution in [0.15, 0.2) is 36.4 Å². The van der Waals surface area contributed by atoms with Crippen LogP contribution in [0.3, 0.4) is 0 Å². The van der Waals surface area contributed by atoms with Crippen LogP contribution in [0.5, 0.6) is 0 Å². The van der Waals surface area contributed by atoms with E-state index in [0.717, 1.165) is 37.2 Å². The number of ether oxygens (including phenoxy) is 2. The third kappa shape index (κ3) is 7.92. The van der Waals surface area contributed by atoms with Crippen molar-refractivity contribution >= 4 is 17.6 Å². The fourth-order valence-electron chi connectivity index (χ4n) is 4.76. The normalized spacial score (nSPS) is 26.0. The van der Waals surface area contributed by atoms with Crippen LogP contribution in [0.1, 0.15) is 44.6 Å². The van der Waals surface area contributed by atoms with Gasteiger partial charge in [0.25, 0.3) is 0 Å². The minimum Gasteiger partial charge on any atom is -0.481 e. The van der Waals surface area contributed by atoms with Gasteiger partial charge in [-0.15, -0.1) is 0 Å². The van der Waals surface area contributed by atoms with Gasteiger partial charge in [0, 0.05) is 50.5 Å². The fourth-order valence-corrected chi connectivity index (χ4v) is 4.76. The van der Waals surface area contributed by atoms with E-state index < -0.39 is 12.1 Å². The molecule has 1 saturated heterocycles. The number of nitrogens with zero attached hydrogens (tertiary/aromatic N) is 1. The lowest BCUT2D eigenvalue weighted by atomic mass is 9.94. The summed E-state index contributed by atoms with van der Waals surface area (Å²) < 4.78 is 11.8. The zero-order valence-electron chi connectivity index (χ0n) is 19.3. The van der Waals surface area contributed by atoms with Gasteiger partial charge in [-0.05, 0) is 37.0 Å². The molecule has 0 radical (unpaired) electrons. The topological polar surface area (TPSA) is 108 Å². The van der Waals surface area contributed by atoms with Gasteiger partial charge < -0.3 is 25.0 Å². The van der Waals surface area contributed by atoms with Crippen molar-refractivity contribution < 1.29 is 29.3 Å². The molecule has 3 N–H and O–H groups in total. The quantitative estimate of drug-likeness (QED) is 0.344. The summed E-state index contributed by atoms with van der Waals surface area (Å²) in [6.45, 7) is 4.87. The number of carbonyl (C=O) groups excluding carboxylic acids is 1. The number of hydrogen-bond donors (Lipinski definition) is 3. The number of morpholine rings is 1. The summed E-state index contributed by atoms with van der Waals surface area (Å²) in [5, 5.41) is 22.5. The number of unbranched alkanes of at least 4 members (excludes halogenated alkanes) is 1. The Balaban J connectivity index is 1.61. The van der Waals surface area contributed by atoms with Crippen molar-refractivity contribution in [2.45, 2.75) is 63.9 Å². The highest BCUT2D eigenvalue weighted by atomic mass is 16.5. The summed E-state index contributed by atoms with van der Waals surface area (Å²) in [6.07, 6.45) is 6.51. The lowest BCUT2D eigenvalue weighted by Crippen LogP contribution is -2.50. The zero-order valence-corrected chi connectivity index (χ0v) is 19.3. The first kappa shape index (κ1) is 25.4. The molecule has 1 aliphatic heterocycles. The molecule has 1 saturated carbocycles. The van der Waals surface area contributed by atoms with Crippen molar-refractivity contribution in [3.8, 4) is 0 Å². The number of carboxylic acids is 1. The lowest BCUT2D eigenvalue weighted by Gasteiger charge is -2.37. The van der Waals surface area contributed by atoms with Gasteiger partial charge in [0.05, 0.1) is 32.0 Å². The van der Waals surface area contributed by atoms with Crippen LogP contribution >= 0.6 is 0 Å². The van der Waals surface area contributed by atoms with Crippen molar-refractivity contribution in [1.29, 1.82) is 0 Å². The Morgan fingerprint density at radius 2 is 1.94 bits per heavy atom. The molecule has 0 aromatic heterocycles. The first-order valence-electron chi connectivity index (χ1n) is 11.8. The van der Waals surface area contributed by atoms with E-state index in [9.17, 15) is 14.7 Å². The predicted molar refractivity (Wildman–Crippen MR) is 125 cm³/mol. The molecule has 1 aromatic rings. The maximum absolute atomic E-state index is 11.2. The summed E-state index contributed by atoms with van der Waals surface area (Å²) in [4.78, 5) is 24.2. The van der Waals surface area contributed by atoms with Crippen LogP contribution in [0, 0.1) is 5.92 Å². The summed E-state index contributed by atoms with van der Waals surface area (Å²) >= 11 is 0. The number of anilines is 1. The maximum Gasteiger partial charge on any atom is 0.303 e. The molecule has 8 heteroatoms. The first-order valence-corrected chi connectivity index (χ1v) is 11.8. The summed E-state index contributed by atoms with van der Waals surface area (Å²) in [5.74, 6) is -0.729. The second-order valence-corrected chi connectivity index (χ2v) is 8.83. The number of aliphatic carboxylic acids is 1. The Bertz CT molecular complexity index is 791. The number of allylic oxidation sites excluding steroid dienone is 2. The molecule has 1 heterocycles. The van der Waals surface area contributed by atoms with Crippen LogP contribution < -0.4 is 5.32 Å². The van der Waals surface area contributed by atoms with E-state index in [1.165, 1.54) is 6.92 Å². The number of aliphatic hydroxyl groups is 1. The number of amides is 1. The average Bonchev–Trinajstić information content (AvgIpc) is 3.10. The molecule has 2 aliphatic rings. The highest BCUT2D eigenvalue weighted by Crippen LogP contribution is 2.36. The molecule has 1 aliphatic carbocycles. The molecule has 1 amide bonds. The predicted octanol–water partition coefficient (Wildman–Crippen LogP) is 2.81. The Morgan fingerprint density at radius 1 is 1.21 bits per heavy atom. The summed E-state index contributed by atoms with van der Waals surface area (Å²) in [5.41, 5.74) is 1.76. The Labute approximate surface area is 195 Å². The van der Waals surface area contributed by atoms with Gasteiger partial charge in [-0.1, -0.05) is 24.3 Å². The standard InChI is InChI=1S/C25H36N2O6/c1-18(28)26-20-10-8-19(9-11-20)17-33-23-16-22(29)25(27-12-14-32-15-13-27)21(23)6-4-2-3-5-7-24(30)31/h2,4,8-11,21-23,25,29H,3,5-7,12-17H2,1H3,(H,26,28)(H,30,31). The summed E-state index contributed by atoms with van der Waals surface area (Å²) in [7, 11) is 0. The van der Waals surface area contributed by atoms with Crippen LogP contribution in [-0.2, 0) is 25.7 Å². The second-order valence-electron chi connectivity index (χ2n) is 8.83. The molecule has 33 heavy (non-hydrogen) atoms. The van der Waals surface area contributed by atoms with E-state index in [2.05, 4.69) is 16.3 Å². The number of carboxylic acid groups (broad SMARTS) is 1. The van der Waals surface area contributed by atoms with Crippen LogP contribution in [0.4, 0.5) is 5.69 Å². The highest BCUT2D eigenvalue weighted by molar-refractivity contribution is 5.88. The van der Waals surface area contributed by atoms with Gasteiger partial charge in [0.1, 0.15) is 0 Å². The van der Waals surface area contributed by atoms with Crippen LogP contribution in [0.25, 0.3) is 0 Å². The smallest absolute Gasteiger partial charge is 0.303 e. The Kier molecular flexibility index (Phi) is 9.87. The van der Waals surface area contributed by atoms with E-state index in [0.29, 0.717) is 32.7 Å². The van der Waals surface area contributed by atoms with E-state index in [4.69, 9.17) is 14.6 Å². The van der Waals surface area contributed by atoms with Crippen LogP contribution in [-0.4, -0.2) is 71.5 Å². The van der Waals surface area contributed by atoms with E-state index >= 15 is 0 Å². The lowest BCUT2D eigenvalue weighted by molar-refractivity contribution is -0.137. The van der Waals surface area contributed by atoms with Gasteiger partial charge in [-0.3, -0.25) is 14.5 Å². The molecule has 8 nitrogen and oxygen atoms in total. The van der Waals surface area contributed by atoms with Gasteiger partial charge in [-0.25, -0.2) is 0 Å². The molecule has 1 aromatic carbocycles. The zero-order chi connectivity index (χ0) is 23.6. The number of nitrogens with one attached hydrogen (secondary N) is 1. The Hall–Kier alpha value is -2.26. The third-order valence-corrected chi connectivity index (χ3v) is 6.33. The number of hydrogen-bond acceptors (Lipinski definition) is 6. The van der Waals surface area contributed by atoms with E-state index in [1.807, 2.05) is 30.3 Å². The van der Waals surface area contributed by atoms with Crippen molar-refractivity contribution in [2.75, 3.05) is 31.6 Å². The van der Waals surface area contributed by atoms with E-state index in [1.54, 1.807) is 0 Å². The highest BCUT2D eigenvalue weighted by Gasteiger charge is 2.45. The monoisotopic (exact) mass is 460 g/mol. The average molecular weight is 461 g/mol. The SMILES string of the molecule is CC(=O)Nc1ccc(COC2CC(O)C(N3CCOCC3)C2CC=CCCCC(=O)O)cc1. The second kappa shape index (κ2) is 12.8. The molecular formula is C25H36N2O6. The molecule has 4 atom stereocenters. The number of benzene rings is 1. The van der Waals surface area contributed by atoms with Crippen molar-refractivity contribution in [3.63, 3.8) is 0 Å². The fraction of sp³-hybridized carbons (Fsp3) is 0.600. The minimum atomic E-state index is -0.770. The van der Waals surface area contributed by atoms with Gasteiger partial charge in [-0.2, -0.15) is 0 Å². The van der Waals surface area contributed by atoms with Crippen molar-refractivity contribution in [2.24, 2.45) is 5.92 Å². The van der Waals surface area contributed by atoms with Crippen molar-refractivity contribution in [3.05, 3.63) is 42.0 Å². The van der Waals surface area contributed by atoms with Gasteiger partial charge in [0.15, 0.2) is 0 Å². The van der Waals surface area contributed by atoms with Gasteiger partial charge >= 0.3 is 5.97 Å². The molecule has 0 bridgehead atoms. The number of aliphatic hydroxyl groups excluding tert-OH is 1. The summed E-state index contributed by atoms with van der Waals surface area (Å²) in [6, 6.07) is 7.61. The Morgan fingerprint density at radius 3 is 2.61 bits per heavy atom. The van der Waals surface area contributed by atoms with E-state index in [-0.39, 0.29) is 30.4 Å². The molecule has 3 rings (SSSR count). The van der Waals surface area contributed by atoms with Crippen molar-refractivity contribution in [1.82, 2.24) is 4.90 Å². The largest absolute Gasteiger partial charge is 0.481 e. The number of carbonyl (C=O) groups is 2. The first-order chi connectivity index (χ1) is 15.9. The molecule has 0 spiro atoms. The molecule has 182 valence electrons. The van der Waals surface area contributed by atoms with Gasteiger partial charge in [0.2, 0.25) is 5.91 Å². The van der Waals surface area contributed by atoms with Crippen LogP contribution in [0.2, 0.25) is 0 Å². The third-order valence-electron chi connectivity index (χ3n) is 6.33. The number of rotatable bonds is 11. The molecule has 2 fully saturated rings. The molecule has 4 unspecified atom stereocenters. The molecular weight excluding hydrogens is 424 g/mol.